The van der Waals surface area contributed by atoms with E-state index in [9.17, 15) is 0 Å². The Morgan fingerprint density at radius 2 is 1.25 bits per heavy atom. The molecule has 0 unspecified atom stereocenters. The molecule has 0 saturated heterocycles. The maximum atomic E-state index is 6.53. The zero-order valence-electron chi connectivity index (χ0n) is 22.9. The van der Waals surface area contributed by atoms with Gasteiger partial charge in [-0.3, -0.25) is 0 Å². The van der Waals surface area contributed by atoms with Gasteiger partial charge in [0.1, 0.15) is 5.58 Å². The summed E-state index contributed by atoms with van der Waals surface area (Å²) in [5, 5.41) is 4.85. The maximum absolute atomic E-state index is 6.53. The highest BCUT2D eigenvalue weighted by Gasteiger charge is 2.36. The number of hydrogen-bond acceptors (Lipinski definition) is 2. The molecule has 0 N–H and O–H groups in total. The summed E-state index contributed by atoms with van der Waals surface area (Å²) in [6.45, 7) is 6.89. The summed E-state index contributed by atoms with van der Waals surface area (Å²) in [5.74, 6) is 0. The van der Waals surface area contributed by atoms with Crippen LogP contribution in [0, 0.1) is 6.92 Å². The number of furan rings is 1. The monoisotopic (exact) mass is 515 g/mol. The van der Waals surface area contributed by atoms with Crippen LogP contribution in [0.4, 0.5) is 17.1 Å². The molecule has 7 aromatic rings. The van der Waals surface area contributed by atoms with Crippen LogP contribution < -0.4 is 4.90 Å². The summed E-state index contributed by atoms with van der Waals surface area (Å²) < 4.78 is 6.53. The Bertz CT molecular complexity index is 2110. The summed E-state index contributed by atoms with van der Waals surface area (Å²) >= 11 is 0. The van der Waals surface area contributed by atoms with E-state index in [-0.39, 0.29) is 5.41 Å². The average molecular weight is 516 g/mol. The first-order chi connectivity index (χ1) is 19.5. The average Bonchev–Trinajstić information content (AvgIpc) is 3.46. The van der Waals surface area contributed by atoms with Gasteiger partial charge in [0.05, 0.1) is 5.69 Å². The van der Waals surface area contributed by atoms with Crippen LogP contribution in [0.1, 0.15) is 30.5 Å². The summed E-state index contributed by atoms with van der Waals surface area (Å²) in [5.41, 5.74) is 11.6. The van der Waals surface area contributed by atoms with E-state index in [4.69, 9.17) is 4.42 Å². The third-order valence-corrected chi connectivity index (χ3v) is 8.76. The minimum atomic E-state index is -0.118. The van der Waals surface area contributed by atoms with Crippen LogP contribution in [-0.4, -0.2) is 0 Å². The Hall–Kier alpha value is -4.82. The molecule has 0 amide bonds. The van der Waals surface area contributed by atoms with Gasteiger partial charge in [-0.15, -0.1) is 0 Å². The lowest BCUT2D eigenvalue weighted by atomic mass is 9.81. The molecule has 40 heavy (non-hydrogen) atoms. The van der Waals surface area contributed by atoms with E-state index in [1.165, 1.54) is 38.6 Å². The lowest BCUT2D eigenvalue weighted by Gasteiger charge is -2.29. The van der Waals surface area contributed by atoms with Crippen molar-refractivity contribution in [1.29, 1.82) is 0 Å². The van der Waals surface area contributed by atoms with Gasteiger partial charge in [-0.25, -0.2) is 0 Å². The Kier molecular flexibility index (Phi) is 4.82. The van der Waals surface area contributed by atoms with E-state index in [2.05, 4.69) is 141 Å². The molecule has 0 aliphatic heterocycles. The summed E-state index contributed by atoms with van der Waals surface area (Å²) in [7, 11) is 0. The predicted molar refractivity (Wildman–Crippen MR) is 168 cm³/mol. The van der Waals surface area contributed by atoms with Gasteiger partial charge in [-0.05, 0) is 88.0 Å². The molecular formula is C38H29NO. The predicted octanol–water partition coefficient (Wildman–Crippen LogP) is 10.8. The fourth-order valence-electron chi connectivity index (χ4n) is 6.68. The highest BCUT2D eigenvalue weighted by atomic mass is 16.3. The van der Waals surface area contributed by atoms with Crippen molar-refractivity contribution in [3.05, 3.63) is 138 Å². The molecule has 2 heteroatoms. The quantitative estimate of drug-likeness (QED) is 0.233. The van der Waals surface area contributed by atoms with E-state index in [1.54, 1.807) is 0 Å². The van der Waals surface area contributed by atoms with Gasteiger partial charge in [0, 0.05) is 27.6 Å². The molecule has 0 fully saturated rings. The van der Waals surface area contributed by atoms with E-state index in [0.29, 0.717) is 0 Å². The van der Waals surface area contributed by atoms with Gasteiger partial charge in [0.2, 0.25) is 0 Å². The molecule has 1 aliphatic rings. The van der Waals surface area contributed by atoms with E-state index in [1.807, 2.05) is 6.07 Å². The first kappa shape index (κ1) is 23.1. The van der Waals surface area contributed by atoms with Crippen molar-refractivity contribution in [1.82, 2.24) is 0 Å². The van der Waals surface area contributed by atoms with Crippen molar-refractivity contribution >= 4 is 49.8 Å². The van der Waals surface area contributed by atoms with Crippen molar-refractivity contribution < 1.29 is 4.42 Å². The minimum Gasteiger partial charge on any atom is -0.454 e. The molecule has 8 rings (SSSR count). The number of anilines is 3. The van der Waals surface area contributed by atoms with Crippen molar-refractivity contribution in [2.75, 3.05) is 4.90 Å². The Labute approximate surface area is 234 Å². The van der Waals surface area contributed by atoms with Crippen LogP contribution in [0.25, 0.3) is 43.8 Å². The molecule has 0 radical (unpaired) electrons. The normalized spacial score (nSPS) is 13.6. The fourth-order valence-corrected chi connectivity index (χ4v) is 6.68. The second-order valence-corrected chi connectivity index (χ2v) is 11.5. The van der Waals surface area contributed by atoms with Crippen molar-refractivity contribution in [3.8, 4) is 11.1 Å². The van der Waals surface area contributed by atoms with Gasteiger partial charge in [0.25, 0.3) is 0 Å². The van der Waals surface area contributed by atoms with E-state index >= 15 is 0 Å². The number of fused-ring (bicyclic) bond motifs is 7. The van der Waals surface area contributed by atoms with Crippen LogP contribution >= 0.6 is 0 Å². The highest BCUT2D eigenvalue weighted by Crippen LogP contribution is 2.52. The second-order valence-electron chi connectivity index (χ2n) is 11.5. The largest absolute Gasteiger partial charge is 0.454 e. The Morgan fingerprint density at radius 3 is 2.10 bits per heavy atom. The molecule has 2 nitrogen and oxygen atoms in total. The minimum absolute atomic E-state index is 0.118. The molecule has 0 saturated carbocycles. The molecular weight excluding hydrogens is 486 g/mol. The lowest BCUT2D eigenvalue weighted by molar-refractivity contribution is 0.661. The van der Waals surface area contributed by atoms with Gasteiger partial charge in [-0.1, -0.05) is 92.7 Å². The Morgan fingerprint density at radius 1 is 0.575 bits per heavy atom. The van der Waals surface area contributed by atoms with Crippen LogP contribution in [0.15, 0.2) is 126 Å². The van der Waals surface area contributed by atoms with Gasteiger partial charge < -0.3 is 9.32 Å². The molecule has 0 atom stereocenters. The van der Waals surface area contributed by atoms with Crippen LogP contribution in [0.3, 0.4) is 0 Å². The zero-order valence-corrected chi connectivity index (χ0v) is 22.9. The third kappa shape index (κ3) is 3.23. The van der Waals surface area contributed by atoms with Crippen molar-refractivity contribution in [2.24, 2.45) is 0 Å². The van der Waals surface area contributed by atoms with E-state index in [0.717, 1.165) is 39.0 Å². The van der Waals surface area contributed by atoms with Crippen molar-refractivity contribution in [2.45, 2.75) is 26.2 Å². The SMILES string of the molecule is Cc1ccccc1N(c1ccc2c(c1)C(C)(C)c1cc3ccccc3cc1-2)c1cccc2c1oc1ccccc12. The number of aryl methyl sites for hydroxylation is 1. The second kappa shape index (κ2) is 8.34. The third-order valence-electron chi connectivity index (χ3n) is 8.76. The number of rotatable bonds is 3. The highest BCUT2D eigenvalue weighted by molar-refractivity contribution is 6.10. The first-order valence-corrected chi connectivity index (χ1v) is 13.9. The molecule has 1 aliphatic carbocycles. The molecule has 1 heterocycles. The molecule has 1 aromatic heterocycles. The molecule has 192 valence electrons. The van der Waals surface area contributed by atoms with E-state index < -0.39 is 0 Å². The summed E-state index contributed by atoms with van der Waals surface area (Å²) in [6.07, 6.45) is 0. The summed E-state index contributed by atoms with van der Waals surface area (Å²) in [4.78, 5) is 2.37. The number of benzene rings is 6. The lowest BCUT2D eigenvalue weighted by Crippen LogP contribution is -2.17. The molecule has 0 spiro atoms. The van der Waals surface area contributed by atoms with Gasteiger partial charge >= 0.3 is 0 Å². The standard InChI is InChI=1S/C38H29NO/c1-24-11-4-8-16-34(24)39(35-17-10-15-30-29-14-7-9-18-36(29)40-37(30)35)27-19-20-28-31-21-25-12-5-6-13-26(25)22-32(31)38(2,3)33(28)23-27/h4-23H,1-3H3. The van der Waals surface area contributed by atoms with Gasteiger partial charge in [-0.2, -0.15) is 0 Å². The smallest absolute Gasteiger partial charge is 0.159 e. The molecule has 6 aromatic carbocycles. The van der Waals surface area contributed by atoms with Gasteiger partial charge in [0.15, 0.2) is 5.58 Å². The zero-order chi connectivity index (χ0) is 27.0. The van der Waals surface area contributed by atoms with Crippen molar-refractivity contribution in [3.63, 3.8) is 0 Å². The fraction of sp³-hybridized carbons (Fsp3) is 0.105. The number of hydrogen-bond donors (Lipinski definition) is 0. The first-order valence-electron chi connectivity index (χ1n) is 13.9. The topological polar surface area (TPSA) is 16.4 Å². The van der Waals surface area contributed by atoms with Crippen LogP contribution in [0.2, 0.25) is 0 Å². The number of para-hydroxylation sites is 3. The number of nitrogens with zero attached hydrogens (tertiary/aromatic N) is 1. The summed E-state index contributed by atoms with van der Waals surface area (Å²) in [6, 6.07) is 43.8. The van der Waals surface area contributed by atoms with Crippen LogP contribution in [-0.2, 0) is 5.41 Å². The molecule has 0 bridgehead atoms. The van der Waals surface area contributed by atoms with Crippen LogP contribution in [0.5, 0.6) is 0 Å². The Balaban J connectivity index is 1.38. The maximum Gasteiger partial charge on any atom is 0.159 e.